The third kappa shape index (κ3) is 7.24. The van der Waals surface area contributed by atoms with Gasteiger partial charge in [-0.1, -0.05) is 64.0 Å². The van der Waals surface area contributed by atoms with Gasteiger partial charge in [0.05, 0.1) is 0 Å². The number of hydrogen-bond acceptors (Lipinski definition) is 4. The Morgan fingerprint density at radius 2 is 1.87 bits per heavy atom. The maximum atomic E-state index is 12.0. The van der Waals surface area contributed by atoms with Crippen LogP contribution in [0.3, 0.4) is 0 Å². The zero-order valence-electron chi connectivity index (χ0n) is 20.0. The lowest BCUT2D eigenvalue weighted by molar-refractivity contribution is -0.146. The largest absolute Gasteiger partial charge is 0.482 e. The second kappa shape index (κ2) is 12.5. The number of carbonyl (C=O) groups excluding carboxylic acids is 1. The molecule has 1 aromatic rings. The minimum atomic E-state index is -0.284. The summed E-state index contributed by atoms with van der Waals surface area (Å²) in [6, 6.07) is 6.38. The molecule has 0 bridgehead atoms. The zero-order chi connectivity index (χ0) is 22.1. The average Bonchev–Trinajstić information content (AvgIpc) is 3.14. The number of benzene rings is 1. The maximum absolute atomic E-state index is 12.0. The van der Waals surface area contributed by atoms with Crippen molar-refractivity contribution in [2.75, 3.05) is 33.9 Å². The molecule has 1 fully saturated rings. The Bertz CT molecular complexity index is 687. The minimum absolute atomic E-state index is 0.00136. The standard InChI is InChI=1S/C27H43NO3/c1-4-5-6-7-8-9-11-21-14-15-23-19-25-22(18-24(21)23)12-10-13-26(25)31-20-27(29)30-17-16-28(2)3/h10,12-13,21,23-24H,4-9,11,14-20H2,1-3H3/t21-,23+,24+/m0/s1. The number of hydrogen-bond donors (Lipinski definition) is 0. The molecule has 4 nitrogen and oxygen atoms in total. The summed E-state index contributed by atoms with van der Waals surface area (Å²) in [7, 11) is 3.93. The molecule has 4 heteroatoms. The molecule has 0 aliphatic heterocycles. The lowest BCUT2D eigenvalue weighted by atomic mass is 9.73. The van der Waals surface area contributed by atoms with Gasteiger partial charge < -0.3 is 14.4 Å². The Morgan fingerprint density at radius 3 is 2.68 bits per heavy atom. The van der Waals surface area contributed by atoms with Crippen molar-refractivity contribution in [2.24, 2.45) is 17.8 Å². The van der Waals surface area contributed by atoms with Crippen molar-refractivity contribution in [3.8, 4) is 5.75 Å². The molecule has 2 aliphatic rings. The van der Waals surface area contributed by atoms with E-state index in [4.69, 9.17) is 9.47 Å². The summed E-state index contributed by atoms with van der Waals surface area (Å²) in [5.41, 5.74) is 2.78. The highest BCUT2D eigenvalue weighted by molar-refractivity contribution is 5.71. The summed E-state index contributed by atoms with van der Waals surface area (Å²) in [5.74, 6) is 3.14. The molecule has 0 amide bonds. The van der Waals surface area contributed by atoms with Crippen LogP contribution in [0.4, 0.5) is 0 Å². The average molecular weight is 430 g/mol. The van der Waals surface area contributed by atoms with Crippen molar-refractivity contribution in [1.82, 2.24) is 4.90 Å². The normalized spacial score (nSPS) is 22.3. The monoisotopic (exact) mass is 429 g/mol. The van der Waals surface area contributed by atoms with Crippen molar-refractivity contribution in [3.05, 3.63) is 29.3 Å². The van der Waals surface area contributed by atoms with Crippen molar-refractivity contribution in [2.45, 2.75) is 77.6 Å². The van der Waals surface area contributed by atoms with Gasteiger partial charge >= 0.3 is 5.97 Å². The zero-order valence-corrected chi connectivity index (χ0v) is 20.0. The van der Waals surface area contributed by atoms with Crippen LogP contribution in [0.1, 0.15) is 75.8 Å². The highest BCUT2D eigenvalue weighted by Gasteiger charge is 2.39. The summed E-state index contributed by atoms with van der Waals surface area (Å²) in [6.45, 7) is 3.42. The third-order valence-corrected chi connectivity index (χ3v) is 7.35. The predicted molar refractivity (Wildman–Crippen MR) is 127 cm³/mol. The molecule has 3 atom stereocenters. The molecular formula is C27H43NO3. The van der Waals surface area contributed by atoms with E-state index in [-0.39, 0.29) is 12.6 Å². The van der Waals surface area contributed by atoms with Gasteiger partial charge in [0.1, 0.15) is 12.4 Å². The van der Waals surface area contributed by atoms with E-state index in [1.807, 2.05) is 25.1 Å². The Morgan fingerprint density at radius 1 is 1.06 bits per heavy atom. The molecule has 0 radical (unpaired) electrons. The lowest BCUT2D eigenvalue weighted by Crippen LogP contribution is -2.26. The van der Waals surface area contributed by atoms with Crippen LogP contribution in [0.25, 0.3) is 0 Å². The van der Waals surface area contributed by atoms with E-state index in [1.54, 1.807) is 0 Å². The van der Waals surface area contributed by atoms with Crippen LogP contribution < -0.4 is 4.74 Å². The summed E-state index contributed by atoms with van der Waals surface area (Å²) >= 11 is 0. The number of esters is 1. The molecule has 0 aromatic heterocycles. The topological polar surface area (TPSA) is 38.8 Å². The minimum Gasteiger partial charge on any atom is -0.482 e. The van der Waals surface area contributed by atoms with E-state index < -0.39 is 0 Å². The van der Waals surface area contributed by atoms with Crippen molar-refractivity contribution in [1.29, 1.82) is 0 Å². The number of likely N-dealkylation sites (N-methyl/N-ethyl adjacent to an activating group) is 1. The van der Waals surface area contributed by atoms with Gasteiger partial charge in [0, 0.05) is 6.54 Å². The highest BCUT2D eigenvalue weighted by atomic mass is 16.6. The second-order valence-electron chi connectivity index (χ2n) is 9.93. The van der Waals surface area contributed by atoms with Crippen molar-refractivity contribution >= 4 is 5.97 Å². The molecule has 0 unspecified atom stereocenters. The molecule has 0 N–H and O–H groups in total. The van der Waals surface area contributed by atoms with Gasteiger partial charge in [0.2, 0.25) is 0 Å². The first-order chi connectivity index (χ1) is 15.1. The maximum Gasteiger partial charge on any atom is 0.344 e. The Hall–Kier alpha value is -1.55. The number of nitrogens with zero attached hydrogens (tertiary/aromatic N) is 1. The van der Waals surface area contributed by atoms with Crippen LogP contribution in [-0.2, 0) is 22.4 Å². The fraction of sp³-hybridized carbons (Fsp3) is 0.741. The molecule has 31 heavy (non-hydrogen) atoms. The van der Waals surface area contributed by atoms with Crippen LogP contribution in [0.5, 0.6) is 5.75 Å². The second-order valence-corrected chi connectivity index (χ2v) is 9.93. The van der Waals surface area contributed by atoms with Gasteiger partial charge in [-0.05, 0) is 74.7 Å². The summed E-state index contributed by atoms with van der Waals surface area (Å²) in [4.78, 5) is 14.0. The van der Waals surface area contributed by atoms with E-state index in [1.165, 1.54) is 75.3 Å². The van der Waals surface area contributed by atoms with Crippen LogP contribution in [0.15, 0.2) is 18.2 Å². The highest BCUT2D eigenvalue weighted by Crippen LogP contribution is 2.48. The SMILES string of the molecule is CCCCCCCC[C@H]1CC[C@@H]2Cc3c(cccc3OCC(=O)OCCN(C)C)C[C@H]12. The van der Waals surface area contributed by atoms with E-state index in [2.05, 4.69) is 19.1 Å². The molecule has 0 saturated heterocycles. The molecule has 0 heterocycles. The fourth-order valence-electron chi connectivity index (χ4n) is 5.58. The van der Waals surface area contributed by atoms with Crippen LogP contribution in [-0.4, -0.2) is 44.7 Å². The number of rotatable bonds is 13. The summed E-state index contributed by atoms with van der Waals surface area (Å²) in [5, 5.41) is 0. The first-order valence-corrected chi connectivity index (χ1v) is 12.6. The molecule has 2 aliphatic carbocycles. The van der Waals surface area contributed by atoms with Gasteiger partial charge in [0.15, 0.2) is 6.61 Å². The van der Waals surface area contributed by atoms with Crippen molar-refractivity contribution < 1.29 is 14.3 Å². The Kier molecular flexibility index (Phi) is 9.70. The molecule has 3 rings (SSSR count). The molecule has 0 spiro atoms. The van der Waals surface area contributed by atoms with E-state index in [9.17, 15) is 4.79 Å². The van der Waals surface area contributed by atoms with Crippen LogP contribution >= 0.6 is 0 Å². The molecule has 174 valence electrons. The number of carbonyl (C=O) groups is 1. The van der Waals surface area contributed by atoms with Crippen LogP contribution in [0, 0.1) is 17.8 Å². The molecule has 1 saturated carbocycles. The Labute approximate surface area is 189 Å². The van der Waals surface area contributed by atoms with E-state index in [0.717, 1.165) is 36.5 Å². The first kappa shape index (κ1) is 24.1. The summed E-state index contributed by atoms with van der Waals surface area (Å²) in [6.07, 6.45) is 14.8. The third-order valence-electron chi connectivity index (χ3n) is 7.35. The van der Waals surface area contributed by atoms with E-state index in [0.29, 0.717) is 6.61 Å². The van der Waals surface area contributed by atoms with E-state index >= 15 is 0 Å². The van der Waals surface area contributed by atoms with Gasteiger partial charge in [-0.15, -0.1) is 0 Å². The van der Waals surface area contributed by atoms with Gasteiger partial charge in [0.25, 0.3) is 0 Å². The van der Waals surface area contributed by atoms with Gasteiger partial charge in [-0.2, -0.15) is 0 Å². The Balaban J connectivity index is 1.48. The molecule has 1 aromatic carbocycles. The number of ether oxygens (including phenoxy) is 2. The number of unbranched alkanes of at least 4 members (excludes halogenated alkanes) is 5. The van der Waals surface area contributed by atoms with Gasteiger partial charge in [-0.3, -0.25) is 0 Å². The number of fused-ring (bicyclic) bond motifs is 2. The predicted octanol–water partition coefficient (Wildman–Crippen LogP) is 5.66. The summed E-state index contributed by atoms with van der Waals surface area (Å²) < 4.78 is 11.2. The first-order valence-electron chi connectivity index (χ1n) is 12.6. The quantitative estimate of drug-likeness (QED) is 0.299. The smallest absolute Gasteiger partial charge is 0.344 e. The fourth-order valence-corrected chi connectivity index (χ4v) is 5.58. The van der Waals surface area contributed by atoms with Gasteiger partial charge in [-0.25, -0.2) is 4.79 Å². The van der Waals surface area contributed by atoms with Crippen molar-refractivity contribution in [3.63, 3.8) is 0 Å². The lowest BCUT2D eigenvalue weighted by Gasteiger charge is -2.32. The molecular weight excluding hydrogens is 386 g/mol. The van der Waals surface area contributed by atoms with Crippen LogP contribution in [0.2, 0.25) is 0 Å².